The molecule has 0 amide bonds. The van der Waals surface area contributed by atoms with Crippen molar-refractivity contribution in [3.63, 3.8) is 0 Å². The minimum Gasteiger partial charge on any atom is -0.473 e. The fraction of sp³-hybridized carbons (Fsp3) is 0.375. The molecule has 0 spiro atoms. The van der Waals surface area contributed by atoms with E-state index in [1.807, 2.05) is 39.8 Å². The Morgan fingerprint density at radius 2 is 1.80 bits per heavy atom. The van der Waals surface area contributed by atoms with Gasteiger partial charge in [-0.25, -0.2) is 9.78 Å². The summed E-state index contributed by atoms with van der Waals surface area (Å²) in [6.07, 6.45) is 5.36. The van der Waals surface area contributed by atoms with E-state index < -0.39 is 5.97 Å². The molecule has 108 valence electrons. The van der Waals surface area contributed by atoms with Gasteiger partial charge < -0.3 is 9.47 Å². The fourth-order valence-corrected chi connectivity index (χ4v) is 1.31. The number of allylic oxidation sites excluding steroid dienone is 2. The molecule has 0 N–H and O–H groups in total. The Bertz CT molecular complexity index is 510. The van der Waals surface area contributed by atoms with Crippen LogP contribution in [0.15, 0.2) is 41.6 Å². The van der Waals surface area contributed by atoms with E-state index in [-0.39, 0.29) is 6.61 Å². The van der Waals surface area contributed by atoms with E-state index in [1.165, 1.54) is 0 Å². The summed E-state index contributed by atoms with van der Waals surface area (Å²) in [7, 11) is 0. The Morgan fingerprint density at radius 3 is 2.45 bits per heavy atom. The van der Waals surface area contributed by atoms with Crippen LogP contribution in [0.4, 0.5) is 0 Å². The van der Waals surface area contributed by atoms with Crippen molar-refractivity contribution in [2.75, 3.05) is 13.2 Å². The molecule has 0 aliphatic heterocycles. The Balaban J connectivity index is 2.71. The predicted molar refractivity (Wildman–Crippen MR) is 78.9 cm³/mol. The first-order valence-corrected chi connectivity index (χ1v) is 6.52. The summed E-state index contributed by atoms with van der Waals surface area (Å²) in [4.78, 5) is 16.0. The summed E-state index contributed by atoms with van der Waals surface area (Å²) in [6, 6.07) is 3.33. The minimum atomic E-state index is -0.428. The molecule has 4 heteroatoms. The molecule has 1 aromatic heterocycles. The highest BCUT2D eigenvalue weighted by molar-refractivity contribution is 5.91. The van der Waals surface area contributed by atoms with Crippen molar-refractivity contribution in [2.45, 2.75) is 27.7 Å². The number of hydrogen-bond donors (Lipinski definition) is 0. The van der Waals surface area contributed by atoms with Gasteiger partial charge in [-0.15, -0.1) is 0 Å². The lowest BCUT2D eigenvalue weighted by atomic mass is 10.2. The number of esters is 1. The first kappa shape index (κ1) is 16.0. The molecule has 0 aliphatic rings. The maximum absolute atomic E-state index is 12.0. The normalized spacial score (nSPS) is 9.60. The molecule has 0 saturated heterocycles. The molecule has 1 heterocycles. The SMILES string of the molecule is CC(C)=CCOC(=O)c1cccnc1OCC=C(C)C. The van der Waals surface area contributed by atoms with E-state index in [0.717, 1.165) is 11.1 Å². The van der Waals surface area contributed by atoms with Gasteiger partial charge in [0.1, 0.15) is 18.8 Å². The Morgan fingerprint density at radius 1 is 1.15 bits per heavy atom. The first-order valence-electron chi connectivity index (χ1n) is 6.52. The highest BCUT2D eigenvalue weighted by atomic mass is 16.5. The summed E-state index contributed by atoms with van der Waals surface area (Å²) in [5.41, 5.74) is 2.59. The molecule has 0 saturated carbocycles. The molecule has 1 aromatic rings. The zero-order chi connectivity index (χ0) is 15.0. The highest BCUT2D eigenvalue weighted by Gasteiger charge is 2.14. The second-order valence-corrected chi connectivity index (χ2v) is 4.83. The van der Waals surface area contributed by atoms with Gasteiger partial charge in [0.05, 0.1) is 0 Å². The maximum atomic E-state index is 12.0. The van der Waals surface area contributed by atoms with Crippen LogP contribution in [0.3, 0.4) is 0 Å². The van der Waals surface area contributed by atoms with E-state index >= 15 is 0 Å². The average molecular weight is 275 g/mol. The molecule has 0 unspecified atom stereocenters. The molecule has 0 aliphatic carbocycles. The molecule has 0 aromatic carbocycles. The Kier molecular flexibility index (Phi) is 6.50. The van der Waals surface area contributed by atoms with Crippen LogP contribution in [0.1, 0.15) is 38.1 Å². The minimum absolute atomic E-state index is 0.253. The molecule has 0 atom stereocenters. The number of pyridine rings is 1. The maximum Gasteiger partial charge on any atom is 0.343 e. The summed E-state index contributed by atoms with van der Waals surface area (Å²) < 4.78 is 10.6. The molecule has 1 rings (SSSR count). The third-order valence-electron chi connectivity index (χ3n) is 2.41. The topological polar surface area (TPSA) is 48.4 Å². The van der Waals surface area contributed by atoms with Crippen LogP contribution in [0.5, 0.6) is 5.88 Å². The van der Waals surface area contributed by atoms with E-state index in [4.69, 9.17) is 9.47 Å². The number of carbonyl (C=O) groups excluding carboxylic acids is 1. The van der Waals surface area contributed by atoms with E-state index in [0.29, 0.717) is 18.1 Å². The third kappa shape index (κ3) is 5.69. The van der Waals surface area contributed by atoms with Gasteiger partial charge >= 0.3 is 5.97 Å². The lowest BCUT2D eigenvalue weighted by Crippen LogP contribution is -2.09. The van der Waals surface area contributed by atoms with Crippen LogP contribution in [0.2, 0.25) is 0 Å². The van der Waals surface area contributed by atoms with Crippen molar-refractivity contribution in [1.82, 2.24) is 4.98 Å². The zero-order valence-corrected chi connectivity index (χ0v) is 12.5. The molecule has 20 heavy (non-hydrogen) atoms. The van der Waals surface area contributed by atoms with Crippen LogP contribution in [0.25, 0.3) is 0 Å². The first-order chi connectivity index (χ1) is 9.50. The second-order valence-electron chi connectivity index (χ2n) is 4.83. The van der Waals surface area contributed by atoms with Crippen molar-refractivity contribution in [2.24, 2.45) is 0 Å². The monoisotopic (exact) mass is 275 g/mol. The van der Waals surface area contributed by atoms with Crippen molar-refractivity contribution in [3.8, 4) is 5.88 Å². The van der Waals surface area contributed by atoms with E-state index in [1.54, 1.807) is 18.3 Å². The van der Waals surface area contributed by atoms with Crippen LogP contribution < -0.4 is 4.74 Å². The Labute approximate surface area is 120 Å². The van der Waals surface area contributed by atoms with Crippen LogP contribution >= 0.6 is 0 Å². The summed E-state index contributed by atoms with van der Waals surface area (Å²) >= 11 is 0. The fourth-order valence-electron chi connectivity index (χ4n) is 1.31. The zero-order valence-electron chi connectivity index (χ0n) is 12.5. The number of carbonyl (C=O) groups is 1. The van der Waals surface area contributed by atoms with Gasteiger partial charge in [0.15, 0.2) is 0 Å². The summed E-state index contributed by atoms with van der Waals surface area (Å²) in [5.74, 6) is -0.130. The van der Waals surface area contributed by atoms with Gasteiger partial charge in [0, 0.05) is 6.20 Å². The van der Waals surface area contributed by atoms with Crippen molar-refractivity contribution >= 4 is 5.97 Å². The van der Waals surface area contributed by atoms with Crippen molar-refractivity contribution in [1.29, 1.82) is 0 Å². The van der Waals surface area contributed by atoms with Gasteiger partial charge in [-0.05, 0) is 52.0 Å². The van der Waals surface area contributed by atoms with E-state index in [2.05, 4.69) is 4.98 Å². The largest absolute Gasteiger partial charge is 0.473 e. The lowest BCUT2D eigenvalue weighted by Gasteiger charge is -2.08. The van der Waals surface area contributed by atoms with Gasteiger partial charge in [-0.3, -0.25) is 0 Å². The van der Waals surface area contributed by atoms with Crippen LogP contribution in [0, 0.1) is 0 Å². The number of rotatable bonds is 6. The Hall–Kier alpha value is -2.10. The molecular weight excluding hydrogens is 254 g/mol. The van der Waals surface area contributed by atoms with Crippen LogP contribution in [-0.2, 0) is 4.74 Å². The van der Waals surface area contributed by atoms with Gasteiger partial charge in [-0.1, -0.05) is 11.1 Å². The molecule has 4 nitrogen and oxygen atoms in total. The van der Waals surface area contributed by atoms with Gasteiger partial charge in [0.25, 0.3) is 0 Å². The number of hydrogen-bond acceptors (Lipinski definition) is 4. The lowest BCUT2D eigenvalue weighted by molar-refractivity contribution is 0.0544. The molecule has 0 bridgehead atoms. The van der Waals surface area contributed by atoms with Crippen LogP contribution in [-0.4, -0.2) is 24.2 Å². The van der Waals surface area contributed by atoms with Gasteiger partial charge in [0.2, 0.25) is 5.88 Å². The smallest absolute Gasteiger partial charge is 0.343 e. The number of aromatic nitrogens is 1. The average Bonchev–Trinajstić information content (AvgIpc) is 2.38. The standard InChI is InChI=1S/C16H21NO3/c1-12(2)7-10-19-15-14(6-5-9-17-15)16(18)20-11-8-13(3)4/h5-9H,10-11H2,1-4H3. The number of ether oxygens (including phenoxy) is 2. The summed E-state index contributed by atoms with van der Waals surface area (Å²) in [6.45, 7) is 8.50. The second kappa shape index (κ2) is 8.15. The third-order valence-corrected chi connectivity index (χ3v) is 2.41. The van der Waals surface area contributed by atoms with E-state index in [9.17, 15) is 4.79 Å². The number of nitrogens with zero attached hydrogens (tertiary/aromatic N) is 1. The van der Waals surface area contributed by atoms with Gasteiger partial charge in [-0.2, -0.15) is 0 Å². The summed E-state index contributed by atoms with van der Waals surface area (Å²) in [5, 5.41) is 0. The predicted octanol–water partition coefficient (Wildman–Crippen LogP) is 3.55. The van der Waals surface area contributed by atoms with Crippen molar-refractivity contribution < 1.29 is 14.3 Å². The molecular formula is C16H21NO3. The highest BCUT2D eigenvalue weighted by Crippen LogP contribution is 2.15. The van der Waals surface area contributed by atoms with Crippen molar-refractivity contribution in [3.05, 3.63) is 47.2 Å². The molecule has 0 fully saturated rings. The quantitative estimate of drug-likeness (QED) is 0.588. The molecule has 0 radical (unpaired) electrons.